The second kappa shape index (κ2) is 11.8. The quantitative estimate of drug-likeness (QED) is 0.232. The molecule has 1 aliphatic rings. The molecule has 0 unspecified atom stereocenters. The monoisotopic (exact) mass is 533 g/mol. The van der Waals surface area contributed by atoms with Gasteiger partial charge in [0, 0.05) is 20.8 Å². The smallest absolute Gasteiger partial charge is 0.317 e. The number of esters is 3. The third-order valence-electron chi connectivity index (χ3n) is 4.85. The van der Waals surface area contributed by atoms with Crippen molar-refractivity contribution < 1.29 is 37.7 Å². The molecule has 1 aromatic carbocycles. The largest absolute Gasteiger partial charge is 0.456 e. The zero-order chi connectivity index (χ0) is 26.4. The molecule has 0 radical (unpaired) electrons. The van der Waals surface area contributed by atoms with Crippen molar-refractivity contribution in [2.24, 2.45) is 0 Å². The van der Waals surface area contributed by atoms with Crippen LogP contribution in [0.4, 0.5) is 6.01 Å². The molecule has 37 heavy (non-hydrogen) atoms. The summed E-state index contributed by atoms with van der Waals surface area (Å²) in [5, 5.41) is 23.0. The topological polar surface area (TPSA) is 183 Å². The summed E-state index contributed by atoms with van der Waals surface area (Å²) in [6.45, 7) is 3.42. The lowest BCUT2D eigenvalue weighted by Gasteiger charge is -2.40. The second-order valence-corrected chi connectivity index (χ2v) is 8.64. The van der Waals surface area contributed by atoms with E-state index >= 15 is 0 Å². The SMILES string of the molecule is CC(=O)O[C@@H]1[C@@H](OC(C)=O)[C@H](OC(C)=O)CO[C@H]1Nc1nnc(CSc2nnnn2-c2ccccc2)o1. The summed E-state index contributed by atoms with van der Waals surface area (Å²) in [5.74, 6) is -1.43. The maximum atomic E-state index is 11.8. The zero-order valence-electron chi connectivity index (χ0n) is 20.0. The van der Waals surface area contributed by atoms with Gasteiger partial charge in [0.1, 0.15) is 0 Å². The molecule has 1 saturated heterocycles. The summed E-state index contributed by atoms with van der Waals surface area (Å²) in [6.07, 6.45) is -4.36. The van der Waals surface area contributed by atoms with Crippen LogP contribution in [0, 0.1) is 0 Å². The summed E-state index contributed by atoms with van der Waals surface area (Å²) in [5.41, 5.74) is 0.795. The minimum absolute atomic E-state index is 0.0343. The Labute approximate surface area is 214 Å². The molecule has 0 spiro atoms. The highest BCUT2D eigenvalue weighted by Gasteiger charge is 2.47. The lowest BCUT2D eigenvalue weighted by Crippen LogP contribution is -2.59. The van der Waals surface area contributed by atoms with Crippen molar-refractivity contribution in [2.75, 3.05) is 11.9 Å². The van der Waals surface area contributed by atoms with Crippen molar-refractivity contribution in [3.8, 4) is 5.69 Å². The van der Waals surface area contributed by atoms with Gasteiger partial charge in [-0.3, -0.25) is 14.4 Å². The zero-order valence-corrected chi connectivity index (χ0v) is 20.8. The average Bonchev–Trinajstić information content (AvgIpc) is 3.50. The summed E-state index contributed by atoms with van der Waals surface area (Å²) in [6, 6.07) is 9.34. The number of nitrogens with zero attached hydrogens (tertiary/aromatic N) is 6. The van der Waals surface area contributed by atoms with Gasteiger partial charge < -0.3 is 28.7 Å². The number of benzene rings is 1. The molecule has 15 nitrogen and oxygen atoms in total. The molecule has 1 aliphatic heterocycles. The van der Waals surface area contributed by atoms with E-state index in [0.717, 1.165) is 5.69 Å². The van der Waals surface area contributed by atoms with Crippen molar-refractivity contribution in [3.63, 3.8) is 0 Å². The molecule has 4 rings (SSSR count). The van der Waals surface area contributed by atoms with Gasteiger partial charge in [0.2, 0.25) is 11.0 Å². The number of carbonyl (C=O) groups excluding carboxylic acids is 3. The number of anilines is 1. The van der Waals surface area contributed by atoms with Crippen LogP contribution < -0.4 is 5.32 Å². The molecule has 196 valence electrons. The van der Waals surface area contributed by atoms with Crippen LogP contribution >= 0.6 is 11.8 Å². The first-order chi connectivity index (χ1) is 17.8. The number of ether oxygens (including phenoxy) is 4. The van der Waals surface area contributed by atoms with Gasteiger partial charge in [-0.15, -0.1) is 10.2 Å². The van der Waals surface area contributed by atoms with Gasteiger partial charge in [-0.05, 0) is 22.6 Å². The van der Waals surface area contributed by atoms with Crippen LogP contribution in [0.2, 0.25) is 0 Å². The number of aromatic nitrogens is 6. The molecule has 4 atom stereocenters. The molecule has 0 aliphatic carbocycles. The number of rotatable bonds is 9. The summed E-state index contributed by atoms with van der Waals surface area (Å²) in [4.78, 5) is 35.0. The van der Waals surface area contributed by atoms with Crippen LogP contribution in [-0.2, 0) is 39.1 Å². The number of tetrazole rings is 1. The minimum Gasteiger partial charge on any atom is -0.456 e. The highest BCUT2D eigenvalue weighted by atomic mass is 32.2. The molecule has 0 bridgehead atoms. The Morgan fingerprint density at radius 2 is 1.70 bits per heavy atom. The van der Waals surface area contributed by atoms with Crippen molar-refractivity contribution >= 4 is 35.7 Å². The standard InChI is InChI=1S/C21H23N7O8S/c1-11(29)33-15-9-32-19(18(35-13(3)31)17(15)34-12(2)30)22-20-24-23-16(36-20)10-37-21-25-26-27-28(21)14-7-5-4-6-8-14/h4-8,15,17-19H,9-10H2,1-3H3,(H,22,24)/t15-,17+,18-,19-/m1/s1. The fourth-order valence-electron chi connectivity index (χ4n) is 3.48. The number of nitrogens with one attached hydrogen (secondary N) is 1. The number of hydrogen-bond acceptors (Lipinski definition) is 15. The van der Waals surface area contributed by atoms with Crippen molar-refractivity contribution in [2.45, 2.75) is 56.2 Å². The molecular formula is C21H23N7O8S. The highest BCUT2D eigenvalue weighted by Crippen LogP contribution is 2.27. The Morgan fingerprint density at radius 3 is 2.41 bits per heavy atom. The van der Waals surface area contributed by atoms with Crippen LogP contribution in [-0.4, -0.2) is 79.5 Å². The van der Waals surface area contributed by atoms with E-state index in [1.807, 2.05) is 30.3 Å². The molecular weight excluding hydrogens is 510 g/mol. The van der Waals surface area contributed by atoms with Crippen molar-refractivity contribution in [1.82, 2.24) is 30.4 Å². The predicted molar refractivity (Wildman–Crippen MR) is 123 cm³/mol. The van der Waals surface area contributed by atoms with Gasteiger partial charge >= 0.3 is 23.9 Å². The summed E-state index contributed by atoms with van der Waals surface area (Å²) in [7, 11) is 0. The predicted octanol–water partition coefficient (Wildman–Crippen LogP) is 0.901. The fraction of sp³-hybridized carbons (Fsp3) is 0.429. The van der Waals surface area contributed by atoms with Crippen LogP contribution in [0.3, 0.4) is 0 Å². The molecule has 0 amide bonds. The number of hydrogen-bond donors (Lipinski definition) is 1. The van der Waals surface area contributed by atoms with Crippen LogP contribution in [0.1, 0.15) is 26.7 Å². The molecule has 3 heterocycles. The molecule has 1 fully saturated rings. The normalized spacial score (nSPS) is 21.2. The first-order valence-corrected chi connectivity index (χ1v) is 12.0. The van der Waals surface area contributed by atoms with Crippen molar-refractivity contribution in [3.05, 3.63) is 36.2 Å². The van der Waals surface area contributed by atoms with E-state index in [1.165, 1.54) is 32.5 Å². The van der Waals surface area contributed by atoms with Gasteiger partial charge in [-0.1, -0.05) is 35.1 Å². The summed E-state index contributed by atoms with van der Waals surface area (Å²) >= 11 is 1.28. The Hall–Kier alpha value is -4.05. The molecule has 1 N–H and O–H groups in total. The first-order valence-electron chi connectivity index (χ1n) is 11.0. The molecule has 2 aromatic heterocycles. The van der Waals surface area contributed by atoms with E-state index in [0.29, 0.717) is 5.16 Å². The van der Waals surface area contributed by atoms with Crippen LogP contribution in [0.25, 0.3) is 5.69 Å². The van der Waals surface area contributed by atoms with Gasteiger partial charge in [0.05, 0.1) is 18.0 Å². The third kappa shape index (κ3) is 6.79. The molecule has 3 aromatic rings. The maximum Gasteiger partial charge on any atom is 0.317 e. The Morgan fingerprint density at radius 1 is 1.00 bits per heavy atom. The molecule has 16 heteroatoms. The maximum absolute atomic E-state index is 11.8. The van der Waals surface area contributed by atoms with E-state index in [-0.39, 0.29) is 24.3 Å². The average molecular weight is 534 g/mol. The van der Waals surface area contributed by atoms with Gasteiger partial charge in [-0.2, -0.15) is 4.68 Å². The number of carbonyl (C=O) groups is 3. The van der Waals surface area contributed by atoms with E-state index in [4.69, 9.17) is 23.4 Å². The van der Waals surface area contributed by atoms with Crippen LogP contribution in [0.5, 0.6) is 0 Å². The number of thioether (sulfide) groups is 1. The fourth-order valence-corrected chi connectivity index (χ4v) is 4.21. The second-order valence-electron chi connectivity index (χ2n) is 7.69. The van der Waals surface area contributed by atoms with Gasteiger partial charge in [0.25, 0.3) is 0 Å². The lowest BCUT2D eigenvalue weighted by atomic mass is 10.0. The lowest BCUT2D eigenvalue weighted by molar-refractivity contribution is -0.221. The first kappa shape index (κ1) is 26.0. The molecule has 0 saturated carbocycles. The third-order valence-corrected chi connectivity index (χ3v) is 5.75. The van der Waals surface area contributed by atoms with Gasteiger partial charge in [0.15, 0.2) is 24.5 Å². The van der Waals surface area contributed by atoms with Gasteiger partial charge in [-0.25, -0.2) is 0 Å². The minimum atomic E-state index is -1.18. The van der Waals surface area contributed by atoms with E-state index < -0.39 is 42.4 Å². The summed E-state index contributed by atoms with van der Waals surface area (Å²) < 4.78 is 28.8. The van der Waals surface area contributed by atoms with E-state index in [1.54, 1.807) is 4.68 Å². The van der Waals surface area contributed by atoms with E-state index in [9.17, 15) is 14.4 Å². The highest BCUT2D eigenvalue weighted by molar-refractivity contribution is 7.98. The van der Waals surface area contributed by atoms with Crippen LogP contribution in [0.15, 0.2) is 39.9 Å². The van der Waals surface area contributed by atoms with Crippen molar-refractivity contribution in [1.29, 1.82) is 0 Å². The number of para-hydroxylation sites is 1. The van der Waals surface area contributed by atoms with E-state index in [2.05, 4.69) is 31.0 Å². The Bertz CT molecular complexity index is 1240. The Kier molecular flexibility index (Phi) is 8.29. The Balaban J connectivity index is 1.44.